The molecular formula is C19H24N4S. The third-order valence-corrected chi connectivity index (χ3v) is 4.67. The molecule has 3 rings (SSSR count). The Bertz CT molecular complexity index is 693. The van der Waals surface area contributed by atoms with E-state index in [0.717, 1.165) is 11.4 Å². The molecule has 126 valence electrons. The second-order valence-corrected chi connectivity index (χ2v) is 6.68. The van der Waals surface area contributed by atoms with Gasteiger partial charge < -0.3 is 15.5 Å². The van der Waals surface area contributed by atoms with Gasteiger partial charge in [0.1, 0.15) is 5.82 Å². The van der Waals surface area contributed by atoms with Gasteiger partial charge in [-0.25, -0.2) is 4.98 Å². The number of hydrogen-bond donors (Lipinski definition) is 2. The zero-order chi connectivity index (χ0) is 16.9. The van der Waals surface area contributed by atoms with Crippen molar-refractivity contribution in [1.29, 1.82) is 0 Å². The van der Waals surface area contributed by atoms with Crippen LogP contribution in [0.15, 0.2) is 42.6 Å². The molecule has 2 heterocycles. The van der Waals surface area contributed by atoms with Gasteiger partial charge in [-0.3, -0.25) is 0 Å². The van der Waals surface area contributed by atoms with Crippen LogP contribution in [0.1, 0.15) is 36.9 Å². The molecule has 24 heavy (non-hydrogen) atoms. The van der Waals surface area contributed by atoms with Crippen LogP contribution in [0.25, 0.3) is 0 Å². The van der Waals surface area contributed by atoms with Crippen LogP contribution in [0.2, 0.25) is 0 Å². The first-order valence-corrected chi connectivity index (χ1v) is 8.88. The highest BCUT2D eigenvalue weighted by Gasteiger charge is 2.13. The van der Waals surface area contributed by atoms with Gasteiger partial charge in [-0.2, -0.15) is 0 Å². The minimum absolute atomic E-state index is 0.140. The van der Waals surface area contributed by atoms with Crippen LogP contribution in [0.4, 0.5) is 11.5 Å². The van der Waals surface area contributed by atoms with E-state index in [4.69, 9.17) is 12.2 Å². The zero-order valence-corrected chi connectivity index (χ0v) is 15.1. The fourth-order valence-corrected chi connectivity index (χ4v) is 3.26. The van der Waals surface area contributed by atoms with Crippen molar-refractivity contribution >= 4 is 28.8 Å². The lowest BCUT2D eigenvalue weighted by molar-refractivity contribution is 0.722. The van der Waals surface area contributed by atoms with Crippen molar-refractivity contribution in [3.8, 4) is 0 Å². The summed E-state index contributed by atoms with van der Waals surface area (Å²) in [5.41, 5.74) is 3.61. The second kappa shape index (κ2) is 7.62. The van der Waals surface area contributed by atoms with E-state index in [9.17, 15) is 0 Å². The first-order valence-electron chi connectivity index (χ1n) is 8.47. The largest absolute Gasteiger partial charge is 0.372 e. The quantitative estimate of drug-likeness (QED) is 0.822. The van der Waals surface area contributed by atoms with Gasteiger partial charge in [0.2, 0.25) is 0 Å². The lowest BCUT2D eigenvalue weighted by atomic mass is 10.1. The van der Waals surface area contributed by atoms with E-state index in [1.807, 2.05) is 19.1 Å². The molecule has 1 aromatic carbocycles. The Labute approximate surface area is 149 Å². The molecule has 1 saturated heterocycles. The zero-order valence-electron chi connectivity index (χ0n) is 14.2. The average molecular weight is 340 g/mol. The normalized spacial score (nSPS) is 15.2. The van der Waals surface area contributed by atoms with Gasteiger partial charge >= 0.3 is 0 Å². The predicted octanol–water partition coefficient (Wildman–Crippen LogP) is 4.04. The number of thiocarbonyl (C=S) groups is 1. The number of pyridine rings is 1. The van der Waals surface area contributed by atoms with Crippen LogP contribution in [0, 0.1) is 6.92 Å². The highest BCUT2D eigenvalue weighted by molar-refractivity contribution is 7.80. The molecule has 1 aliphatic heterocycles. The van der Waals surface area contributed by atoms with E-state index in [0.29, 0.717) is 5.11 Å². The first-order chi connectivity index (χ1) is 11.6. The maximum absolute atomic E-state index is 5.41. The van der Waals surface area contributed by atoms with Crippen LogP contribution < -0.4 is 15.5 Å². The molecule has 1 aliphatic rings. The average Bonchev–Trinajstić information content (AvgIpc) is 3.11. The van der Waals surface area contributed by atoms with Gasteiger partial charge in [0.25, 0.3) is 0 Å². The van der Waals surface area contributed by atoms with Gasteiger partial charge in [-0.05, 0) is 68.2 Å². The molecule has 0 bridgehead atoms. The van der Waals surface area contributed by atoms with Crippen molar-refractivity contribution < 1.29 is 0 Å². The number of nitrogens with zero attached hydrogens (tertiary/aromatic N) is 2. The molecule has 1 fully saturated rings. The molecule has 0 amide bonds. The SMILES string of the molecule is Cc1cccnc1NC(=S)N[C@H](C)c1ccc(N2CCCC2)cc1. The molecule has 1 atom stereocenters. The van der Waals surface area contributed by atoms with Crippen molar-refractivity contribution in [2.45, 2.75) is 32.7 Å². The molecule has 0 saturated carbocycles. The Kier molecular flexibility index (Phi) is 5.30. The van der Waals surface area contributed by atoms with Gasteiger partial charge in [0.15, 0.2) is 5.11 Å². The monoisotopic (exact) mass is 340 g/mol. The molecule has 5 heteroatoms. The van der Waals surface area contributed by atoms with E-state index >= 15 is 0 Å². The standard InChI is InChI=1S/C19H24N4S/c1-14-6-5-11-20-18(14)22-19(24)21-15(2)16-7-9-17(10-8-16)23-12-3-4-13-23/h5-11,15H,3-4,12-13H2,1-2H3,(H2,20,21,22,24)/t15-/m1/s1. The lowest BCUT2D eigenvalue weighted by Gasteiger charge is -2.20. The van der Waals surface area contributed by atoms with Crippen molar-refractivity contribution in [2.24, 2.45) is 0 Å². The van der Waals surface area contributed by atoms with Crippen LogP contribution >= 0.6 is 12.2 Å². The fourth-order valence-electron chi connectivity index (χ4n) is 2.99. The third-order valence-electron chi connectivity index (χ3n) is 4.45. The minimum atomic E-state index is 0.140. The van der Waals surface area contributed by atoms with Gasteiger partial charge in [0, 0.05) is 25.0 Å². The van der Waals surface area contributed by atoms with Gasteiger partial charge in [0.05, 0.1) is 6.04 Å². The number of aryl methyl sites for hydroxylation is 1. The molecule has 0 spiro atoms. The summed E-state index contributed by atoms with van der Waals surface area (Å²) >= 11 is 5.41. The number of nitrogens with one attached hydrogen (secondary N) is 2. The van der Waals surface area contributed by atoms with Crippen molar-refractivity contribution in [3.05, 3.63) is 53.7 Å². The summed E-state index contributed by atoms with van der Waals surface area (Å²) in [4.78, 5) is 6.75. The van der Waals surface area contributed by atoms with Crippen molar-refractivity contribution in [1.82, 2.24) is 10.3 Å². The molecule has 2 N–H and O–H groups in total. The summed E-state index contributed by atoms with van der Waals surface area (Å²) in [5, 5.41) is 7.09. The number of hydrogen-bond acceptors (Lipinski definition) is 3. The number of rotatable bonds is 4. The number of anilines is 2. The Balaban J connectivity index is 1.58. The molecule has 0 aliphatic carbocycles. The molecule has 0 unspecified atom stereocenters. The lowest BCUT2D eigenvalue weighted by Crippen LogP contribution is -2.31. The maximum atomic E-state index is 5.41. The van der Waals surface area contributed by atoms with E-state index in [1.165, 1.54) is 37.2 Å². The highest BCUT2D eigenvalue weighted by atomic mass is 32.1. The highest BCUT2D eigenvalue weighted by Crippen LogP contribution is 2.22. The van der Waals surface area contributed by atoms with Gasteiger partial charge in [-0.15, -0.1) is 0 Å². The van der Waals surface area contributed by atoms with Crippen LogP contribution in [-0.2, 0) is 0 Å². The number of benzene rings is 1. The Morgan fingerprint density at radius 1 is 1.17 bits per heavy atom. The van der Waals surface area contributed by atoms with Crippen molar-refractivity contribution in [2.75, 3.05) is 23.3 Å². The third kappa shape index (κ3) is 4.03. The summed E-state index contributed by atoms with van der Waals surface area (Å²) < 4.78 is 0. The number of aromatic nitrogens is 1. The Morgan fingerprint density at radius 3 is 2.54 bits per heavy atom. The summed E-state index contributed by atoms with van der Waals surface area (Å²) in [7, 11) is 0. The summed E-state index contributed by atoms with van der Waals surface area (Å²) in [6.45, 7) is 6.47. The summed E-state index contributed by atoms with van der Waals surface area (Å²) in [5.74, 6) is 0.798. The van der Waals surface area contributed by atoms with Crippen molar-refractivity contribution in [3.63, 3.8) is 0 Å². The molecule has 2 aromatic rings. The Hall–Kier alpha value is -2.14. The molecular weight excluding hydrogens is 316 g/mol. The van der Waals surface area contributed by atoms with E-state index < -0.39 is 0 Å². The topological polar surface area (TPSA) is 40.2 Å². The van der Waals surface area contributed by atoms with E-state index in [2.05, 4.69) is 51.7 Å². The summed E-state index contributed by atoms with van der Waals surface area (Å²) in [6.07, 6.45) is 4.36. The van der Waals surface area contributed by atoms with E-state index in [1.54, 1.807) is 6.20 Å². The van der Waals surface area contributed by atoms with Crippen LogP contribution in [-0.4, -0.2) is 23.2 Å². The van der Waals surface area contributed by atoms with Crippen LogP contribution in [0.3, 0.4) is 0 Å². The Morgan fingerprint density at radius 2 is 1.88 bits per heavy atom. The molecule has 4 nitrogen and oxygen atoms in total. The van der Waals surface area contributed by atoms with E-state index in [-0.39, 0.29) is 6.04 Å². The predicted molar refractivity (Wildman–Crippen MR) is 105 cm³/mol. The second-order valence-electron chi connectivity index (χ2n) is 6.27. The minimum Gasteiger partial charge on any atom is -0.372 e. The van der Waals surface area contributed by atoms with Crippen LogP contribution in [0.5, 0.6) is 0 Å². The molecule has 0 radical (unpaired) electrons. The maximum Gasteiger partial charge on any atom is 0.172 e. The summed E-state index contributed by atoms with van der Waals surface area (Å²) in [6, 6.07) is 12.8. The molecule has 1 aromatic heterocycles. The first kappa shape index (κ1) is 16.7. The fraction of sp³-hybridized carbons (Fsp3) is 0.368. The van der Waals surface area contributed by atoms with Gasteiger partial charge in [-0.1, -0.05) is 18.2 Å². The smallest absolute Gasteiger partial charge is 0.172 e.